The molecular formula is C12H17N5OS. The molecule has 1 saturated heterocycles. The van der Waals surface area contributed by atoms with Gasteiger partial charge < -0.3 is 5.32 Å². The topological polar surface area (TPSA) is 62.5 Å². The second-order valence-electron chi connectivity index (χ2n) is 4.80. The van der Waals surface area contributed by atoms with Gasteiger partial charge >= 0.3 is 0 Å². The normalized spacial score (nSPS) is 16.1. The highest BCUT2D eigenvalue weighted by molar-refractivity contribution is 7.14. The van der Waals surface area contributed by atoms with E-state index in [1.165, 1.54) is 15.9 Å². The summed E-state index contributed by atoms with van der Waals surface area (Å²) in [4.78, 5) is 19.5. The summed E-state index contributed by atoms with van der Waals surface area (Å²) in [6, 6.07) is 2.17. The molecule has 0 amide bonds. The lowest BCUT2D eigenvalue weighted by atomic mass is 10.1. The van der Waals surface area contributed by atoms with Gasteiger partial charge in [-0.05, 0) is 13.0 Å². The predicted octanol–water partition coefficient (Wildman–Crippen LogP) is 0.335. The molecule has 1 fully saturated rings. The third-order valence-electron chi connectivity index (χ3n) is 3.39. The highest BCUT2D eigenvalue weighted by atomic mass is 32.1. The first-order valence-electron chi connectivity index (χ1n) is 6.55. The van der Waals surface area contributed by atoms with Crippen molar-refractivity contribution in [2.75, 3.05) is 19.6 Å². The Kier molecular flexibility index (Phi) is 3.58. The van der Waals surface area contributed by atoms with Crippen molar-refractivity contribution in [3.8, 4) is 0 Å². The molecule has 2 aromatic heterocycles. The number of hydrogen-bond acceptors (Lipinski definition) is 6. The van der Waals surface area contributed by atoms with E-state index in [9.17, 15) is 4.79 Å². The van der Waals surface area contributed by atoms with Crippen molar-refractivity contribution in [1.82, 2.24) is 24.8 Å². The molecule has 0 aliphatic carbocycles. The zero-order chi connectivity index (χ0) is 13.2. The van der Waals surface area contributed by atoms with Gasteiger partial charge in [-0.2, -0.15) is 9.61 Å². The van der Waals surface area contributed by atoms with Gasteiger partial charge in [0, 0.05) is 31.7 Å². The lowest BCUT2D eigenvalue weighted by molar-refractivity contribution is 0.136. The van der Waals surface area contributed by atoms with Crippen LogP contribution in [0.2, 0.25) is 0 Å². The molecule has 3 heterocycles. The van der Waals surface area contributed by atoms with Crippen molar-refractivity contribution in [3.05, 3.63) is 27.6 Å². The van der Waals surface area contributed by atoms with Crippen LogP contribution in [0.25, 0.3) is 4.96 Å². The van der Waals surface area contributed by atoms with Crippen molar-refractivity contribution < 1.29 is 0 Å². The summed E-state index contributed by atoms with van der Waals surface area (Å²) in [6.07, 6.45) is 1.11. The molecule has 0 aromatic carbocycles. The van der Waals surface area contributed by atoms with E-state index in [1.54, 1.807) is 11.6 Å². The quantitative estimate of drug-likeness (QED) is 0.855. The molecule has 1 N–H and O–H groups in total. The third-order valence-corrected chi connectivity index (χ3v) is 4.07. The fourth-order valence-corrected chi connectivity index (χ4v) is 2.94. The molecule has 1 aliphatic rings. The van der Waals surface area contributed by atoms with Crippen molar-refractivity contribution in [2.24, 2.45) is 0 Å². The second-order valence-corrected chi connectivity index (χ2v) is 5.61. The van der Waals surface area contributed by atoms with E-state index in [-0.39, 0.29) is 5.56 Å². The summed E-state index contributed by atoms with van der Waals surface area (Å²) < 4.78 is 1.35. The molecule has 0 saturated carbocycles. The Morgan fingerprint density at radius 3 is 3.11 bits per heavy atom. The van der Waals surface area contributed by atoms with E-state index in [2.05, 4.69) is 27.2 Å². The average molecular weight is 279 g/mol. The average Bonchev–Trinajstić information content (AvgIpc) is 2.75. The Labute approximate surface area is 115 Å². The summed E-state index contributed by atoms with van der Waals surface area (Å²) in [5, 5.41) is 7.26. The van der Waals surface area contributed by atoms with E-state index in [0.29, 0.717) is 11.0 Å². The first-order chi connectivity index (χ1) is 9.28. The molecular weight excluding hydrogens is 262 g/mol. The smallest absolute Gasteiger partial charge is 0.275 e. The first kappa shape index (κ1) is 12.7. The van der Waals surface area contributed by atoms with Gasteiger partial charge in [0.05, 0.1) is 5.69 Å². The lowest BCUT2D eigenvalue weighted by Gasteiger charge is -2.37. The highest BCUT2D eigenvalue weighted by Gasteiger charge is 2.24. The zero-order valence-electron chi connectivity index (χ0n) is 10.9. The van der Waals surface area contributed by atoms with Crippen molar-refractivity contribution in [2.45, 2.75) is 25.9 Å². The molecule has 0 spiro atoms. The Balaban J connectivity index is 1.84. The number of aromatic nitrogens is 3. The molecule has 0 atom stereocenters. The predicted molar refractivity (Wildman–Crippen MR) is 74.5 cm³/mol. The Morgan fingerprint density at radius 2 is 2.42 bits per heavy atom. The van der Waals surface area contributed by atoms with Gasteiger partial charge in [0.25, 0.3) is 5.56 Å². The van der Waals surface area contributed by atoms with Crippen molar-refractivity contribution in [1.29, 1.82) is 0 Å². The van der Waals surface area contributed by atoms with Gasteiger partial charge in [0.1, 0.15) is 5.51 Å². The number of nitrogens with zero attached hydrogens (tertiary/aromatic N) is 4. The minimum absolute atomic E-state index is 0.0931. The summed E-state index contributed by atoms with van der Waals surface area (Å²) in [5.41, 5.74) is 2.40. The van der Waals surface area contributed by atoms with Gasteiger partial charge in [-0.1, -0.05) is 18.3 Å². The molecule has 6 nitrogen and oxygen atoms in total. The molecule has 2 aromatic rings. The maximum Gasteiger partial charge on any atom is 0.275 e. The van der Waals surface area contributed by atoms with E-state index in [4.69, 9.17) is 0 Å². The van der Waals surface area contributed by atoms with Crippen LogP contribution in [0.3, 0.4) is 0 Å². The Bertz CT molecular complexity index is 618. The van der Waals surface area contributed by atoms with Gasteiger partial charge in [0.2, 0.25) is 4.96 Å². The SMILES string of the molecule is CCCN(Cc1cc(=O)n2ncsc2n1)C1CNC1. The van der Waals surface area contributed by atoms with Crippen LogP contribution in [-0.4, -0.2) is 45.2 Å². The maximum absolute atomic E-state index is 11.9. The number of fused-ring (bicyclic) bond motifs is 1. The van der Waals surface area contributed by atoms with E-state index in [0.717, 1.165) is 38.3 Å². The van der Waals surface area contributed by atoms with Crippen LogP contribution in [0.4, 0.5) is 0 Å². The monoisotopic (exact) mass is 279 g/mol. The molecule has 19 heavy (non-hydrogen) atoms. The van der Waals surface area contributed by atoms with Crippen LogP contribution in [0.1, 0.15) is 19.0 Å². The van der Waals surface area contributed by atoms with E-state index in [1.807, 2.05) is 0 Å². The maximum atomic E-state index is 11.9. The van der Waals surface area contributed by atoms with Crippen LogP contribution in [0.5, 0.6) is 0 Å². The largest absolute Gasteiger partial charge is 0.314 e. The van der Waals surface area contributed by atoms with Gasteiger partial charge in [-0.3, -0.25) is 9.69 Å². The first-order valence-corrected chi connectivity index (χ1v) is 7.43. The minimum atomic E-state index is -0.0931. The van der Waals surface area contributed by atoms with Crippen LogP contribution in [-0.2, 0) is 6.54 Å². The Hall–Kier alpha value is -1.31. The molecule has 3 rings (SSSR count). The second kappa shape index (κ2) is 5.36. The van der Waals surface area contributed by atoms with Gasteiger partial charge in [0.15, 0.2) is 0 Å². The summed E-state index contributed by atoms with van der Waals surface area (Å²) in [7, 11) is 0. The van der Waals surface area contributed by atoms with E-state index >= 15 is 0 Å². The lowest BCUT2D eigenvalue weighted by Crippen LogP contribution is -2.57. The van der Waals surface area contributed by atoms with Crippen molar-refractivity contribution >= 4 is 16.3 Å². The molecule has 0 bridgehead atoms. The number of hydrogen-bond donors (Lipinski definition) is 1. The summed E-state index contributed by atoms with van der Waals surface area (Å²) in [6.45, 7) is 6.01. The molecule has 0 unspecified atom stereocenters. The summed E-state index contributed by atoms with van der Waals surface area (Å²) >= 11 is 1.39. The highest BCUT2D eigenvalue weighted by Crippen LogP contribution is 2.11. The van der Waals surface area contributed by atoms with Gasteiger partial charge in [-0.25, -0.2) is 4.98 Å². The van der Waals surface area contributed by atoms with Crippen molar-refractivity contribution in [3.63, 3.8) is 0 Å². The minimum Gasteiger partial charge on any atom is -0.314 e. The van der Waals surface area contributed by atoms with Gasteiger partial charge in [-0.15, -0.1) is 0 Å². The number of rotatable bonds is 5. The molecule has 1 aliphatic heterocycles. The van der Waals surface area contributed by atoms with Crippen LogP contribution in [0.15, 0.2) is 16.4 Å². The molecule has 7 heteroatoms. The fourth-order valence-electron chi connectivity index (χ4n) is 2.30. The van der Waals surface area contributed by atoms with Crippen LogP contribution >= 0.6 is 11.3 Å². The Morgan fingerprint density at radius 1 is 1.58 bits per heavy atom. The van der Waals surface area contributed by atoms with Crippen LogP contribution < -0.4 is 10.9 Å². The summed E-state index contributed by atoms with van der Waals surface area (Å²) in [5.74, 6) is 0. The number of nitrogens with one attached hydrogen (secondary N) is 1. The standard InChI is InChI=1S/C12H17N5OS/c1-2-3-16(10-5-13-6-10)7-9-4-11(18)17-12(15-9)19-8-14-17/h4,8,10,13H,2-3,5-7H2,1H3. The third kappa shape index (κ3) is 2.54. The molecule has 0 radical (unpaired) electrons. The van der Waals surface area contributed by atoms with E-state index < -0.39 is 0 Å². The zero-order valence-corrected chi connectivity index (χ0v) is 11.7. The molecule has 102 valence electrons. The van der Waals surface area contributed by atoms with Crippen LogP contribution in [0, 0.1) is 0 Å². The fraction of sp³-hybridized carbons (Fsp3) is 0.583.